The minimum atomic E-state index is -0.933. The van der Waals surface area contributed by atoms with E-state index in [4.69, 9.17) is 5.11 Å². The zero-order valence-electron chi connectivity index (χ0n) is 10.6. The summed E-state index contributed by atoms with van der Waals surface area (Å²) in [4.78, 5) is 37.2. The second-order valence-corrected chi connectivity index (χ2v) is 5.14. The average Bonchev–Trinajstić information content (AvgIpc) is 2.82. The average molecular weight is 274 g/mol. The maximum atomic E-state index is 12.1. The molecule has 0 aromatic heterocycles. The highest BCUT2D eigenvalue weighted by Crippen LogP contribution is 2.23. The van der Waals surface area contributed by atoms with E-state index in [1.165, 1.54) is 4.90 Å². The number of likely N-dealkylation sites (N-methyl/N-ethyl adjacent to an activating group) is 1. The van der Waals surface area contributed by atoms with Crippen molar-refractivity contribution in [1.29, 1.82) is 0 Å². The molecular formula is C11H18N2O4S. The molecule has 0 bridgehead atoms. The third-order valence-corrected chi connectivity index (χ3v) is 3.84. The molecule has 0 radical (unpaired) electrons. The van der Waals surface area contributed by atoms with Crippen LogP contribution in [-0.4, -0.2) is 64.0 Å². The van der Waals surface area contributed by atoms with Gasteiger partial charge in [0.25, 0.3) is 0 Å². The van der Waals surface area contributed by atoms with E-state index >= 15 is 0 Å². The van der Waals surface area contributed by atoms with Gasteiger partial charge < -0.3 is 14.9 Å². The van der Waals surface area contributed by atoms with Crippen LogP contribution in [0, 0.1) is 0 Å². The molecular weight excluding hydrogens is 256 g/mol. The van der Waals surface area contributed by atoms with Crippen molar-refractivity contribution in [3.05, 3.63) is 0 Å². The van der Waals surface area contributed by atoms with Gasteiger partial charge in [0.15, 0.2) is 0 Å². The standard InChI is InChI=1S/C11H18N2O4S/c1-3-9(14)13-7-18-6-8(13)11(17)12(2)5-4-10(15)16/h8H,3-7H2,1-2H3,(H,15,16). The molecule has 1 saturated heterocycles. The Morgan fingerprint density at radius 2 is 2.11 bits per heavy atom. The fourth-order valence-corrected chi connectivity index (χ4v) is 2.90. The van der Waals surface area contributed by atoms with Crippen LogP contribution >= 0.6 is 11.8 Å². The van der Waals surface area contributed by atoms with Crippen LogP contribution in [0.25, 0.3) is 0 Å². The van der Waals surface area contributed by atoms with Gasteiger partial charge in [-0.25, -0.2) is 0 Å². The van der Waals surface area contributed by atoms with Crippen molar-refractivity contribution in [2.24, 2.45) is 0 Å². The Balaban J connectivity index is 2.59. The minimum Gasteiger partial charge on any atom is -0.481 e. The first-order valence-electron chi connectivity index (χ1n) is 5.81. The van der Waals surface area contributed by atoms with Crippen molar-refractivity contribution < 1.29 is 19.5 Å². The van der Waals surface area contributed by atoms with E-state index in [0.717, 1.165) is 0 Å². The fraction of sp³-hybridized carbons (Fsp3) is 0.727. The third kappa shape index (κ3) is 3.63. The summed E-state index contributed by atoms with van der Waals surface area (Å²) in [5.74, 6) is -0.0253. The number of nitrogens with zero attached hydrogens (tertiary/aromatic N) is 2. The number of hydrogen-bond acceptors (Lipinski definition) is 4. The maximum absolute atomic E-state index is 12.1. The summed E-state index contributed by atoms with van der Waals surface area (Å²) >= 11 is 1.55. The first-order valence-corrected chi connectivity index (χ1v) is 6.96. The Morgan fingerprint density at radius 3 is 2.67 bits per heavy atom. The molecule has 1 fully saturated rings. The molecule has 1 rings (SSSR count). The molecule has 1 N–H and O–H groups in total. The molecule has 0 saturated carbocycles. The molecule has 7 heteroatoms. The minimum absolute atomic E-state index is 0.0371. The molecule has 102 valence electrons. The van der Waals surface area contributed by atoms with Crippen LogP contribution in [0.3, 0.4) is 0 Å². The van der Waals surface area contributed by atoms with Crippen LogP contribution in [0.5, 0.6) is 0 Å². The SMILES string of the molecule is CCC(=O)N1CSCC1C(=O)N(C)CCC(=O)O. The van der Waals surface area contributed by atoms with Crippen molar-refractivity contribution in [2.45, 2.75) is 25.8 Å². The number of carbonyl (C=O) groups is 3. The number of thioether (sulfide) groups is 1. The lowest BCUT2D eigenvalue weighted by molar-refractivity contribution is -0.143. The van der Waals surface area contributed by atoms with Crippen LogP contribution in [0.1, 0.15) is 19.8 Å². The van der Waals surface area contributed by atoms with Crippen LogP contribution in [0.15, 0.2) is 0 Å². The van der Waals surface area contributed by atoms with E-state index in [2.05, 4.69) is 0 Å². The van der Waals surface area contributed by atoms with Gasteiger partial charge in [0.1, 0.15) is 6.04 Å². The zero-order valence-corrected chi connectivity index (χ0v) is 11.4. The molecule has 0 aromatic carbocycles. The molecule has 0 aliphatic carbocycles. The van der Waals surface area contributed by atoms with Gasteiger partial charge in [0.05, 0.1) is 12.3 Å². The number of hydrogen-bond donors (Lipinski definition) is 1. The van der Waals surface area contributed by atoms with Gasteiger partial charge in [-0.1, -0.05) is 6.92 Å². The number of rotatable bonds is 5. The molecule has 2 amide bonds. The van der Waals surface area contributed by atoms with E-state index in [0.29, 0.717) is 18.1 Å². The monoisotopic (exact) mass is 274 g/mol. The summed E-state index contributed by atoms with van der Waals surface area (Å²) in [7, 11) is 1.57. The Bertz CT molecular complexity index is 348. The van der Waals surface area contributed by atoms with E-state index in [-0.39, 0.29) is 24.8 Å². The van der Waals surface area contributed by atoms with Crippen LogP contribution in [-0.2, 0) is 14.4 Å². The summed E-state index contributed by atoms with van der Waals surface area (Å²) in [6.45, 7) is 1.94. The van der Waals surface area contributed by atoms with Gasteiger partial charge in [-0.2, -0.15) is 0 Å². The number of carbonyl (C=O) groups excluding carboxylic acids is 2. The molecule has 18 heavy (non-hydrogen) atoms. The topological polar surface area (TPSA) is 77.9 Å². The predicted octanol–water partition coefficient (Wildman–Crippen LogP) is 0.231. The summed E-state index contributed by atoms with van der Waals surface area (Å²) < 4.78 is 0. The van der Waals surface area contributed by atoms with Crippen LogP contribution in [0.4, 0.5) is 0 Å². The van der Waals surface area contributed by atoms with Gasteiger partial charge in [-0.05, 0) is 0 Å². The Kier molecular flexibility index (Phi) is 5.46. The van der Waals surface area contributed by atoms with Crippen molar-refractivity contribution in [3.63, 3.8) is 0 Å². The van der Waals surface area contributed by atoms with E-state index < -0.39 is 12.0 Å². The summed E-state index contributed by atoms with van der Waals surface area (Å²) in [5.41, 5.74) is 0. The van der Waals surface area contributed by atoms with Crippen molar-refractivity contribution >= 4 is 29.5 Å². The second kappa shape index (κ2) is 6.63. The first kappa shape index (κ1) is 14.8. The van der Waals surface area contributed by atoms with Gasteiger partial charge >= 0.3 is 5.97 Å². The highest BCUT2D eigenvalue weighted by molar-refractivity contribution is 7.99. The summed E-state index contributed by atoms with van der Waals surface area (Å²) in [5, 5.41) is 8.58. The number of aliphatic carboxylic acids is 1. The Hall–Kier alpha value is -1.24. The maximum Gasteiger partial charge on any atom is 0.305 e. The van der Waals surface area contributed by atoms with Gasteiger partial charge in [0, 0.05) is 25.8 Å². The molecule has 0 spiro atoms. The largest absolute Gasteiger partial charge is 0.481 e. The highest BCUT2D eigenvalue weighted by Gasteiger charge is 2.35. The van der Waals surface area contributed by atoms with Crippen molar-refractivity contribution in [2.75, 3.05) is 25.2 Å². The molecule has 0 aromatic rings. The normalized spacial score (nSPS) is 18.8. The number of carboxylic acids is 1. The van der Waals surface area contributed by atoms with Crippen LogP contribution < -0.4 is 0 Å². The Labute approximate surface area is 110 Å². The summed E-state index contributed by atoms with van der Waals surface area (Å²) in [6.07, 6.45) is 0.299. The molecule has 1 heterocycles. The predicted molar refractivity (Wildman–Crippen MR) is 68.1 cm³/mol. The van der Waals surface area contributed by atoms with Gasteiger partial charge in [-0.3, -0.25) is 14.4 Å². The first-order chi connectivity index (χ1) is 8.47. The van der Waals surface area contributed by atoms with Crippen molar-refractivity contribution in [3.8, 4) is 0 Å². The zero-order chi connectivity index (χ0) is 13.7. The Morgan fingerprint density at radius 1 is 1.44 bits per heavy atom. The molecule has 6 nitrogen and oxygen atoms in total. The number of carboxylic acid groups (broad SMARTS) is 1. The molecule has 1 aliphatic heterocycles. The molecule has 1 aliphatic rings. The third-order valence-electron chi connectivity index (χ3n) is 2.83. The molecule has 1 unspecified atom stereocenters. The lowest BCUT2D eigenvalue weighted by atomic mass is 10.2. The van der Waals surface area contributed by atoms with E-state index in [9.17, 15) is 14.4 Å². The van der Waals surface area contributed by atoms with Crippen LogP contribution in [0.2, 0.25) is 0 Å². The quantitative estimate of drug-likeness (QED) is 0.776. The van der Waals surface area contributed by atoms with Gasteiger partial charge in [0.2, 0.25) is 11.8 Å². The summed E-state index contributed by atoms with van der Waals surface area (Å²) in [6, 6.07) is -0.443. The van der Waals surface area contributed by atoms with Gasteiger partial charge in [-0.15, -0.1) is 11.8 Å². The fourth-order valence-electron chi connectivity index (χ4n) is 1.72. The highest BCUT2D eigenvalue weighted by atomic mass is 32.2. The van der Waals surface area contributed by atoms with E-state index in [1.54, 1.807) is 30.6 Å². The van der Waals surface area contributed by atoms with Crippen molar-refractivity contribution in [1.82, 2.24) is 9.80 Å². The second-order valence-electron chi connectivity index (χ2n) is 4.14. The lowest BCUT2D eigenvalue weighted by Gasteiger charge is -2.26. The smallest absolute Gasteiger partial charge is 0.305 e. The number of amides is 2. The van der Waals surface area contributed by atoms with E-state index in [1.807, 2.05) is 0 Å². The molecule has 1 atom stereocenters. The lowest BCUT2D eigenvalue weighted by Crippen LogP contribution is -2.48.